The summed E-state index contributed by atoms with van der Waals surface area (Å²) in [4.78, 5) is 14.8. The molecule has 6 heteroatoms. The molecule has 0 aliphatic carbocycles. The van der Waals surface area contributed by atoms with Crippen LogP contribution in [0.3, 0.4) is 0 Å². The minimum atomic E-state index is -3.75. The Morgan fingerprint density at radius 2 is 1.57 bits per heavy atom. The lowest BCUT2D eigenvalue weighted by molar-refractivity contribution is 0.0724. The first-order chi connectivity index (χ1) is 14.0. The highest BCUT2D eigenvalue weighted by Gasteiger charge is 2.23. The van der Waals surface area contributed by atoms with Crippen LogP contribution >= 0.6 is 0 Å². The Bertz CT molecular complexity index is 1030. The van der Waals surface area contributed by atoms with Crippen LogP contribution in [0.25, 0.3) is 0 Å². The highest BCUT2D eigenvalue weighted by Crippen LogP contribution is 2.30. The number of nitrogens with one attached hydrogen (secondary N) is 1. The molecule has 0 unspecified atom stereocenters. The van der Waals surface area contributed by atoms with Crippen molar-refractivity contribution in [2.45, 2.75) is 64.2 Å². The molecule has 0 bridgehead atoms. The maximum atomic E-state index is 13.1. The lowest BCUT2D eigenvalue weighted by Gasteiger charge is -2.26. The second-order valence-electron chi connectivity index (χ2n) is 9.20. The minimum absolute atomic E-state index is 0.00783. The van der Waals surface area contributed by atoms with Crippen molar-refractivity contribution < 1.29 is 13.2 Å². The maximum absolute atomic E-state index is 13.1. The second-order valence-corrected chi connectivity index (χ2v) is 10.9. The minimum Gasteiger partial charge on any atom is -0.339 e. The lowest BCUT2D eigenvalue weighted by Crippen LogP contribution is -2.35. The van der Waals surface area contributed by atoms with E-state index in [1.807, 2.05) is 18.7 Å². The molecule has 2 aromatic rings. The van der Waals surface area contributed by atoms with E-state index in [1.54, 1.807) is 30.3 Å². The van der Waals surface area contributed by atoms with Gasteiger partial charge in [0, 0.05) is 24.3 Å². The van der Waals surface area contributed by atoms with Crippen molar-refractivity contribution in [3.63, 3.8) is 0 Å². The average Bonchev–Trinajstić information content (AvgIpc) is 2.69. The fourth-order valence-corrected chi connectivity index (χ4v) is 5.11. The number of carbonyl (C=O) groups excluding carboxylic acids is 1. The van der Waals surface area contributed by atoms with Gasteiger partial charge in [-0.15, -0.1) is 0 Å². The van der Waals surface area contributed by atoms with Crippen molar-refractivity contribution in [3.05, 3.63) is 58.7 Å². The second kappa shape index (κ2) is 8.42. The molecule has 0 saturated carbocycles. The highest BCUT2D eigenvalue weighted by molar-refractivity contribution is 7.92. The zero-order chi connectivity index (χ0) is 22.1. The Kier molecular flexibility index (Phi) is 6.27. The van der Waals surface area contributed by atoms with E-state index in [4.69, 9.17) is 0 Å². The summed E-state index contributed by atoms with van der Waals surface area (Å²) in [6, 6.07) is 10.5. The number of amides is 1. The standard InChI is InChI=1S/C24H32N2O3S/c1-17-15-20(24(3,4)5)16-22(18(17)2)30(28,29)25-21-11-9-19(10-12-21)23(27)26-13-7-6-8-14-26/h9-12,15-16,25H,6-8,13-14H2,1-5H3. The van der Waals surface area contributed by atoms with Gasteiger partial charge in [-0.3, -0.25) is 9.52 Å². The third kappa shape index (κ3) is 4.86. The molecule has 1 aliphatic rings. The first kappa shape index (κ1) is 22.3. The Balaban J connectivity index is 1.84. The normalized spacial score (nSPS) is 15.2. The molecule has 30 heavy (non-hydrogen) atoms. The molecule has 2 aromatic carbocycles. The fourth-order valence-electron chi connectivity index (χ4n) is 3.71. The Labute approximate surface area is 180 Å². The lowest BCUT2D eigenvalue weighted by atomic mass is 9.85. The van der Waals surface area contributed by atoms with Crippen LogP contribution in [-0.2, 0) is 15.4 Å². The van der Waals surface area contributed by atoms with E-state index < -0.39 is 10.0 Å². The Hall–Kier alpha value is -2.34. The van der Waals surface area contributed by atoms with Crippen LogP contribution in [0.4, 0.5) is 5.69 Å². The van der Waals surface area contributed by atoms with Gasteiger partial charge in [-0.1, -0.05) is 26.8 Å². The van der Waals surface area contributed by atoms with Gasteiger partial charge in [0.25, 0.3) is 15.9 Å². The van der Waals surface area contributed by atoms with E-state index >= 15 is 0 Å². The molecule has 1 aliphatic heterocycles. The quantitative estimate of drug-likeness (QED) is 0.743. The van der Waals surface area contributed by atoms with Crippen molar-refractivity contribution >= 4 is 21.6 Å². The van der Waals surface area contributed by atoms with Gasteiger partial charge < -0.3 is 4.90 Å². The average molecular weight is 429 g/mol. The van der Waals surface area contributed by atoms with Gasteiger partial charge in [-0.25, -0.2) is 8.42 Å². The van der Waals surface area contributed by atoms with E-state index in [0.29, 0.717) is 16.1 Å². The first-order valence-corrected chi connectivity index (χ1v) is 12.0. The zero-order valence-corrected chi connectivity index (χ0v) is 19.4. The highest BCUT2D eigenvalue weighted by atomic mass is 32.2. The number of likely N-dealkylation sites (tertiary alicyclic amines) is 1. The van der Waals surface area contributed by atoms with Crippen LogP contribution in [0.2, 0.25) is 0 Å². The SMILES string of the molecule is Cc1cc(C(C)(C)C)cc(S(=O)(=O)Nc2ccc(C(=O)N3CCCCC3)cc2)c1C. The topological polar surface area (TPSA) is 66.5 Å². The number of piperidine rings is 1. The van der Waals surface area contributed by atoms with Crippen LogP contribution in [0, 0.1) is 13.8 Å². The van der Waals surface area contributed by atoms with E-state index in [2.05, 4.69) is 31.6 Å². The van der Waals surface area contributed by atoms with Gasteiger partial charge in [0.2, 0.25) is 0 Å². The molecule has 162 valence electrons. The Morgan fingerprint density at radius 3 is 2.13 bits per heavy atom. The summed E-state index contributed by atoms with van der Waals surface area (Å²) < 4.78 is 28.9. The summed E-state index contributed by atoms with van der Waals surface area (Å²) >= 11 is 0. The predicted octanol–water partition coefficient (Wildman–Crippen LogP) is 5.03. The molecule has 3 rings (SSSR count). The summed E-state index contributed by atoms with van der Waals surface area (Å²) in [6.45, 7) is 11.5. The van der Waals surface area contributed by atoms with E-state index in [0.717, 1.165) is 42.6 Å². The van der Waals surface area contributed by atoms with Crippen LogP contribution in [0.5, 0.6) is 0 Å². The molecule has 0 atom stereocenters. The van der Waals surface area contributed by atoms with Gasteiger partial charge in [-0.05, 0) is 85.5 Å². The largest absolute Gasteiger partial charge is 0.339 e. The molecule has 0 radical (unpaired) electrons. The summed E-state index contributed by atoms with van der Waals surface area (Å²) in [5.74, 6) is 0.00783. The number of aryl methyl sites for hydroxylation is 1. The molecular formula is C24H32N2O3S. The van der Waals surface area contributed by atoms with Crippen molar-refractivity contribution in [1.82, 2.24) is 4.90 Å². The smallest absolute Gasteiger partial charge is 0.262 e. The molecule has 0 spiro atoms. The molecule has 1 amide bonds. The van der Waals surface area contributed by atoms with Crippen molar-refractivity contribution in [3.8, 4) is 0 Å². The fraction of sp³-hybridized carbons (Fsp3) is 0.458. The number of benzene rings is 2. The van der Waals surface area contributed by atoms with Crippen LogP contribution < -0.4 is 4.72 Å². The van der Waals surface area contributed by atoms with Crippen molar-refractivity contribution in [1.29, 1.82) is 0 Å². The molecule has 1 saturated heterocycles. The molecule has 0 aromatic heterocycles. The zero-order valence-electron chi connectivity index (χ0n) is 18.6. The third-order valence-corrected chi connectivity index (χ3v) is 7.31. The van der Waals surface area contributed by atoms with Gasteiger partial charge in [0.1, 0.15) is 0 Å². The summed E-state index contributed by atoms with van der Waals surface area (Å²) in [7, 11) is -3.75. The van der Waals surface area contributed by atoms with E-state index in [-0.39, 0.29) is 11.3 Å². The number of hydrogen-bond donors (Lipinski definition) is 1. The van der Waals surface area contributed by atoms with E-state index in [9.17, 15) is 13.2 Å². The number of rotatable bonds is 4. The number of hydrogen-bond acceptors (Lipinski definition) is 3. The summed E-state index contributed by atoms with van der Waals surface area (Å²) in [6.07, 6.45) is 3.24. The monoisotopic (exact) mass is 428 g/mol. The van der Waals surface area contributed by atoms with Gasteiger partial charge >= 0.3 is 0 Å². The van der Waals surface area contributed by atoms with Crippen LogP contribution in [-0.4, -0.2) is 32.3 Å². The third-order valence-electron chi connectivity index (χ3n) is 5.80. The number of nitrogens with zero attached hydrogens (tertiary/aromatic N) is 1. The van der Waals surface area contributed by atoms with Gasteiger partial charge in [-0.2, -0.15) is 0 Å². The maximum Gasteiger partial charge on any atom is 0.262 e. The first-order valence-electron chi connectivity index (χ1n) is 10.5. The number of sulfonamides is 1. The van der Waals surface area contributed by atoms with Crippen molar-refractivity contribution in [2.75, 3.05) is 17.8 Å². The molecular weight excluding hydrogens is 396 g/mol. The Morgan fingerprint density at radius 1 is 0.967 bits per heavy atom. The van der Waals surface area contributed by atoms with Gasteiger partial charge in [0.15, 0.2) is 0 Å². The molecule has 1 N–H and O–H groups in total. The van der Waals surface area contributed by atoms with E-state index in [1.165, 1.54) is 6.42 Å². The summed E-state index contributed by atoms with van der Waals surface area (Å²) in [5.41, 5.74) is 3.55. The summed E-state index contributed by atoms with van der Waals surface area (Å²) in [5, 5.41) is 0. The number of carbonyl (C=O) groups is 1. The predicted molar refractivity (Wildman–Crippen MR) is 122 cm³/mol. The van der Waals surface area contributed by atoms with Crippen LogP contribution in [0.1, 0.15) is 67.1 Å². The molecule has 1 fully saturated rings. The van der Waals surface area contributed by atoms with Gasteiger partial charge in [0.05, 0.1) is 4.90 Å². The molecule has 5 nitrogen and oxygen atoms in total. The van der Waals surface area contributed by atoms with Crippen LogP contribution in [0.15, 0.2) is 41.3 Å². The number of anilines is 1. The molecule has 1 heterocycles. The van der Waals surface area contributed by atoms with Crippen molar-refractivity contribution in [2.24, 2.45) is 0 Å².